The number of fused-ring (bicyclic) bond motifs is 2. The van der Waals surface area contributed by atoms with Crippen molar-refractivity contribution in [1.29, 1.82) is 0 Å². The highest BCUT2D eigenvalue weighted by molar-refractivity contribution is 7.16. The van der Waals surface area contributed by atoms with Gasteiger partial charge >= 0.3 is 0 Å². The SMILES string of the molecule is C=CCN(C(=O)c1cc2cc(OC)ccc2nc1C)c1nc2c(s1)CCCC2. The van der Waals surface area contributed by atoms with Gasteiger partial charge in [-0.05, 0) is 56.9 Å². The standard InChI is InChI=1S/C22H23N3O2S/c1-4-11-25(22-24-19-7-5-6-8-20(19)28-22)21(26)17-13-15-12-16(27-3)9-10-18(15)23-14(17)2/h4,9-10,12-13H,1,5-8,11H2,2-3H3. The van der Waals surface area contributed by atoms with E-state index in [0.717, 1.165) is 40.3 Å². The predicted octanol–water partition coefficient (Wildman–Crippen LogP) is 4.72. The zero-order chi connectivity index (χ0) is 19.7. The van der Waals surface area contributed by atoms with Gasteiger partial charge in [0.25, 0.3) is 5.91 Å². The summed E-state index contributed by atoms with van der Waals surface area (Å²) in [6.07, 6.45) is 6.16. The molecular weight excluding hydrogens is 370 g/mol. The molecular formula is C22H23N3O2S. The Morgan fingerprint density at radius 2 is 2.11 bits per heavy atom. The number of anilines is 1. The van der Waals surface area contributed by atoms with Gasteiger partial charge in [0.1, 0.15) is 5.75 Å². The van der Waals surface area contributed by atoms with E-state index in [-0.39, 0.29) is 5.91 Å². The van der Waals surface area contributed by atoms with Gasteiger partial charge in [-0.3, -0.25) is 14.7 Å². The zero-order valence-corrected chi connectivity index (χ0v) is 17.0. The predicted molar refractivity (Wildman–Crippen MR) is 114 cm³/mol. The molecule has 3 aromatic rings. The molecule has 0 radical (unpaired) electrons. The van der Waals surface area contributed by atoms with Gasteiger partial charge in [0.05, 0.1) is 29.6 Å². The third-order valence-corrected chi connectivity index (χ3v) is 6.25. The zero-order valence-electron chi connectivity index (χ0n) is 16.2. The largest absolute Gasteiger partial charge is 0.497 e. The number of carbonyl (C=O) groups is 1. The number of aryl methyl sites for hydroxylation is 3. The maximum atomic E-state index is 13.4. The highest BCUT2D eigenvalue weighted by atomic mass is 32.1. The second-order valence-electron chi connectivity index (χ2n) is 6.96. The Morgan fingerprint density at radius 1 is 1.29 bits per heavy atom. The summed E-state index contributed by atoms with van der Waals surface area (Å²) in [6.45, 7) is 6.12. The van der Waals surface area contributed by atoms with E-state index in [4.69, 9.17) is 9.72 Å². The first-order chi connectivity index (χ1) is 13.6. The topological polar surface area (TPSA) is 55.3 Å². The number of pyridine rings is 1. The fraction of sp³-hybridized carbons (Fsp3) is 0.318. The molecule has 0 atom stereocenters. The number of amides is 1. The third kappa shape index (κ3) is 3.40. The highest BCUT2D eigenvalue weighted by Crippen LogP contribution is 2.33. The van der Waals surface area contributed by atoms with Crippen LogP contribution < -0.4 is 9.64 Å². The maximum absolute atomic E-state index is 13.4. The average Bonchev–Trinajstić information content (AvgIpc) is 3.14. The van der Waals surface area contributed by atoms with E-state index in [0.29, 0.717) is 17.8 Å². The summed E-state index contributed by atoms with van der Waals surface area (Å²) in [7, 11) is 1.63. The Balaban J connectivity index is 1.75. The van der Waals surface area contributed by atoms with Gasteiger partial charge in [0.15, 0.2) is 5.13 Å². The molecule has 0 N–H and O–H groups in total. The first kappa shape index (κ1) is 18.6. The number of ether oxygens (including phenoxy) is 1. The molecule has 0 saturated carbocycles. The van der Waals surface area contributed by atoms with E-state index in [9.17, 15) is 4.79 Å². The van der Waals surface area contributed by atoms with Gasteiger partial charge in [0.2, 0.25) is 0 Å². The van der Waals surface area contributed by atoms with Crippen LogP contribution in [-0.2, 0) is 12.8 Å². The van der Waals surface area contributed by atoms with Crippen LogP contribution in [0.15, 0.2) is 36.9 Å². The van der Waals surface area contributed by atoms with Crippen LogP contribution in [0.1, 0.15) is 39.5 Å². The number of hydrogen-bond acceptors (Lipinski definition) is 5. The lowest BCUT2D eigenvalue weighted by Crippen LogP contribution is -2.31. The number of thiazole rings is 1. The van der Waals surface area contributed by atoms with Crippen molar-refractivity contribution in [2.45, 2.75) is 32.6 Å². The van der Waals surface area contributed by atoms with Gasteiger partial charge in [-0.25, -0.2) is 4.98 Å². The first-order valence-electron chi connectivity index (χ1n) is 9.47. The summed E-state index contributed by atoms with van der Waals surface area (Å²) in [4.78, 5) is 25.9. The van der Waals surface area contributed by atoms with Crippen molar-refractivity contribution in [2.24, 2.45) is 0 Å². The monoisotopic (exact) mass is 393 g/mol. The molecule has 1 aliphatic rings. The van der Waals surface area contributed by atoms with E-state index >= 15 is 0 Å². The quantitative estimate of drug-likeness (QED) is 0.589. The minimum absolute atomic E-state index is 0.0966. The molecule has 0 aliphatic heterocycles. The molecule has 5 nitrogen and oxygen atoms in total. The molecule has 0 saturated heterocycles. The van der Waals surface area contributed by atoms with Crippen molar-refractivity contribution in [2.75, 3.05) is 18.6 Å². The van der Waals surface area contributed by atoms with E-state index in [1.165, 1.54) is 17.7 Å². The third-order valence-electron chi connectivity index (χ3n) is 5.06. The van der Waals surface area contributed by atoms with Crippen molar-refractivity contribution >= 4 is 33.3 Å². The van der Waals surface area contributed by atoms with E-state index in [2.05, 4.69) is 11.6 Å². The second-order valence-corrected chi connectivity index (χ2v) is 8.02. The molecule has 0 bridgehead atoms. The Kier molecular flexibility index (Phi) is 5.13. The molecule has 6 heteroatoms. The lowest BCUT2D eigenvalue weighted by molar-refractivity contribution is 0.0989. The Morgan fingerprint density at radius 3 is 2.86 bits per heavy atom. The van der Waals surface area contributed by atoms with Crippen LogP contribution in [0.2, 0.25) is 0 Å². The lowest BCUT2D eigenvalue weighted by Gasteiger charge is -2.19. The molecule has 0 unspecified atom stereocenters. The minimum atomic E-state index is -0.0966. The molecule has 2 heterocycles. The van der Waals surface area contributed by atoms with Crippen molar-refractivity contribution in [1.82, 2.24) is 9.97 Å². The van der Waals surface area contributed by atoms with Crippen LogP contribution in [0.4, 0.5) is 5.13 Å². The van der Waals surface area contributed by atoms with Gasteiger partial charge in [-0.1, -0.05) is 6.08 Å². The van der Waals surface area contributed by atoms with Crippen LogP contribution in [0.25, 0.3) is 10.9 Å². The normalized spacial score (nSPS) is 13.2. The Bertz CT molecular complexity index is 1030. The number of methoxy groups -OCH3 is 1. The van der Waals surface area contributed by atoms with Gasteiger partial charge < -0.3 is 4.74 Å². The van der Waals surface area contributed by atoms with Gasteiger partial charge in [-0.15, -0.1) is 17.9 Å². The average molecular weight is 394 g/mol. The molecule has 1 aliphatic carbocycles. The first-order valence-corrected chi connectivity index (χ1v) is 10.3. The van der Waals surface area contributed by atoms with Crippen LogP contribution in [-0.4, -0.2) is 29.5 Å². The Labute approximate surface area is 168 Å². The molecule has 1 aromatic carbocycles. The summed E-state index contributed by atoms with van der Waals surface area (Å²) >= 11 is 1.63. The molecule has 0 spiro atoms. The van der Waals surface area contributed by atoms with Crippen LogP contribution in [0, 0.1) is 6.92 Å². The van der Waals surface area contributed by atoms with Crippen molar-refractivity contribution < 1.29 is 9.53 Å². The molecule has 144 valence electrons. The number of rotatable bonds is 5. The van der Waals surface area contributed by atoms with E-state index in [1.54, 1.807) is 29.4 Å². The van der Waals surface area contributed by atoms with Gasteiger partial charge in [0, 0.05) is 16.8 Å². The summed E-state index contributed by atoms with van der Waals surface area (Å²) in [5.74, 6) is 0.646. The number of benzene rings is 1. The Hall–Kier alpha value is -2.73. The number of hydrogen-bond donors (Lipinski definition) is 0. The number of aromatic nitrogens is 2. The number of nitrogens with zero attached hydrogens (tertiary/aromatic N) is 3. The smallest absolute Gasteiger partial charge is 0.262 e. The molecule has 4 rings (SSSR count). The molecule has 28 heavy (non-hydrogen) atoms. The fourth-order valence-electron chi connectivity index (χ4n) is 3.57. The van der Waals surface area contributed by atoms with Crippen molar-refractivity contribution in [3.63, 3.8) is 0 Å². The van der Waals surface area contributed by atoms with Crippen molar-refractivity contribution in [3.8, 4) is 5.75 Å². The summed E-state index contributed by atoms with van der Waals surface area (Å²) in [5.41, 5.74) is 3.27. The fourth-order valence-corrected chi connectivity index (χ4v) is 4.73. The van der Waals surface area contributed by atoms with Crippen LogP contribution >= 0.6 is 11.3 Å². The van der Waals surface area contributed by atoms with Crippen LogP contribution in [0.3, 0.4) is 0 Å². The second kappa shape index (κ2) is 7.72. The van der Waals surface area contributed by atoms with E-state index in [1.807, 2.05) is 31.2 Å². The molecule has 0 fully saturated rings. The highest BCUT2D eigenvalue weighted by Gasteiger charge is 2.25. The summed E-state index contributed by atoms with van der Waals surface area (Å²) < 4.78 is 5.31. The molecule has 1 amide bonds. The van der Waals surface area contributed by atoms with Gasteiger partial charge in [-0.2, -0.15) is 0 Å². The number of carbonyl (C=O) groups excluding carboxylic acids is 1. The van der Waals surface area contributed by atoms with Crippen LogP contribution in [0.5, 0.6) is 5.75 Å². The minimum Gasteiger partial charge on any atom is -0.497 e. The molecule has 2 aromatic heterocycles. The van der Waals surface area contributed by atoms with Crippen molar-refractivity contribution in [3.05, 3.63) is 58.7 Å². The maximum Gasteiger partial charge on any atom is 0.262 e. The van der Waals surface area contributed by atoms with E-state index < -0.39 is 0 Å². The lowest BCUT2D eigenvalue weighted by atomic mass is 10.0. The summed E-state index contributed by atoms with van der Waals surface area (Å²) in [5, 5.41) is 1.63. The summed E-state index contributed by atoms with van der Waals surface area (Å²) in [6, 6.07) is 7.58.